The summed E-state index contributed by atoms with van der Waals surface area (Å²) in [6.07, 6.45) is 1.46. The summed E-state index contributed by atoms with van der Waals surface area (Å²) in [5, 5.41) is 16.5. The largest absolute Gasteiger partial charge is 0.508 e. The molecule has 0 radical (unpaired) electrons. The smallest absolute Gasteiger partial charge is 0.330 e. The van der Waals surface area contributed by atoms with Gasteiger partial charge in [-0.3, -0.25) is 0 Å². The molecular formula is C13H18O3S. The van der Waals surface area contributed by atoms with Gasteiger partial charge in [0.1, 0.15) is 5.75 Å². The van der Waals surface area contributed by atoms with Crippen molar-refractivity contribution in [2.75, 3.05) is 11.5 Å². The highest BCUT2D eigenvalue weighted by Gasteiger charge is 1.95. The summed E-state index contributed by atoms with van der Waals surface area (Å²) in [6, 6.07) is 8.71. The highest BCUT2D eigenvalue weighted by Crippen LogP contribution is 2.14. The lowest BCUT2D eigenvalue weighted by molar-refractivity contribution is -0.132. The summed E-state index contributed by atoms with van der Waals surface area (Å²) in [6.45, 7) is 4.60. The third-order valence-electron chi connectivity index (χ3n) is 1.70. The fraction of sp³-hybridized carbons (Fsp3) is 0.308. The quantitative estimate of drug-likeness (QED) is 0.756. The minimum absolute atomic E-state index is 0.176. The van der Waals surface area contributed by atoms with E-state index in [1.807, 2.05) is 17.8 Å². The number of hydrogen-bond donors (Lipinski definition) is 2. The Morgan fingerprint density at radius 3 is 1.76 bits per heavy atom. The lowest BCUT2D eigenvalue weighted by atomic mass is 10.3. The zero-order valence-electron chi connectivity index (χ0n) is 9.93. The maximum absolute atomic E-state index is 9.60. The van der Waals surface area contributed by atoms with Gasteiger partial charge in [-0.2, -0.15) is 11.8 Å². The Kier molecular flexibility index (Phi) is 8.96. The summed E-state index contributed by atoms with van der Waals surface area (Å²) in [5.74, 6) is 2.22. The molecule has 4 heteroatoms. The second-order valence-corrected chi connectivity index (χ2v) is 4.61. The summed E-state index contributed by atoms with van der Waals surface area (Å²) in [7, 11) is 0. The maximum atomic E-state index is 9.60. The molecule has 3 nitrogen and oxygen atoms in total. The van der Waals surface area contributed by atoms with Crippen molar-refractivity contribution >= 4 is 17.7 Å². The van der Waals surface area contributed by atoms with E-state index in [0.717, 1.165) is 0 Å². The van der Waals surface area contributed by atoms with Gasteiger partial charge in [0.05, 0.1) is 0 Å². The Morgan fingerprint density at radius 2 is 1.65 bits per heavy atom. The first-order chi connectivity index (χ1) is 8.04. The van der Waals surface area contributed by atoms with E-state index in [4.69, 9.17) is 10.2 Å². The first-order valence-electron chi connectivity index (χ1n) is 5.24. The fourth-order valence-corrected chi connectivity index (χ4v) is 0.861. The van der Waals surface area contributed by atoms with Crippen LogP contribution in [0.15, 0.2) is 42.5 Å². The molecular weight excluding hydrogens is 236 g/mol. The Bertz CT molecular complexity index is 316. The molecule has 0 aromatic heterocycles. The van der Waals surface area contributed by atoms with Crippen molar-refractivity contribution in [3.63, 3.8) is 0 Å². The van der Waals surface area contributed by atoms with Crippen LogP contribution < -0.4 is 0 Å². The highest BCUT2D eigenvalue weighted by atomic mass is 32.2. The predicted molar refractivity (Wildman–Crippen MR) is 72.5 cm³/mol. The first kappa shape index (κ1) is 15.6. The fourth-order valence-electron chi connectivity index (χ4n) is 0.572. The lowest BCUT2D eigenvalue weighted by Gasteiger charge is -2.05. The van der Waals surface area contributed by atoms with Crippen LogP contribution in [0.1, 0.15) is 13.3 Å². The van der Waals surface area contributed by atoms with Gasteiger partial charge in [-0.1, -0.05) is 24.8 Å². The average Bonchev–Trinajstić information content (AvgIpc) is 2.16. The number of hydrogen-bond acceptors (Lipinski definition) is 3. The van der Waals surface area contributed by atoms with Crippen molar-refractivity contribution < 1.29 is 15.0 Å². The Balaban J connectivity index is 0.000000234. The average molecular weight is 254 g/mol. The van der Waals surface area contributed by atoms with E-state index in [1.165, 1.54) is 24.9 Å². The monoisotopic (exact) mass is 254 g/mol. The Morgan fingerprint density at radius 1 is 1.29 bits per heavy atom. The highest BCUT2D eigenvalue weighted by molar-refractivity contribution is 8.00. The maximum Gasteiger partial charge on any atom is 0.330 e. The number of aliphatic carboxylic acids is 1. The van der Waals surface area contributed by atoms with Crippen LogP contribution in [0.2, 0.25) is 0 Å². The van der Waals surface area contributed by atoms with Gasteiger partial charge < -0.3 is 10.2 Å². The van der Waals surface area contributed by atoms with E-state index >= 15 is 0 Å². The summed E-state index contributed by atoms with van der Waals surface area (Å²) >= 11 is 2.04. The second kappa shape index (κ2) is 9.78. The van der Waals surface area contributed by atoms with Crippen LogP contribution in [-0.2, 0) is 4.79 Å². The molecule has 1 saturated heterocycles. The molecule has 1 aliphatic rings. The first-order valence-corrected chi connectivity index (χ1v) is 6.40. The molecule has 1 aromatic carbocycles. The topological polar surface area (TPSA) is 57.5 Å². The predicted octanol–water partition coefficient (Wildman–Crippen LogP) is 3.16. The molecule has 0 spiro atoms. The number of para-hydroxylation sites is 1. The van der Waals surface area contributed by atoms with Crippen LogP contribution in [0, 0.1) is 0 Å². The molecule has 0 saturated carbocycles. The van der Waals surface area contributed by atoms with Crippen molar-refractivity contribution in [1.82, 2.24) is 0 Å². The lowest BCUT2D eigenvalue weighted by Crippen LogP contribution is -1.94. The molecule has 0 unspecified atom stereocenters. The van der Waals surface area contributed by atoms with Gasteiger partial charge >= 0.3 is 5.97 Å². The molecule has 17 heavy (non-hydrogen) atoms. The van der Waals surface area contributed by atoms with Crippen LogP contribution >= 0.6 is 11.8 Å². The van der Waals surface area contributed by atoms with Crippen molar-refractivity contribution in [2.45, 2.75) is 13.3 Å². The normalized spacial score (nSPS) is 11.8. The van der Waals surface area contributed by atoms with Crippen LogP contribution in [-0.4, -0.2) is 27.7 Å². The van der Waals surface area contributed by atoms with Crippen LogP contribution in [0.4, 0.5) is 0 Å². The second-order valence-electron chi connectivity index (χ2n) is 3.39. The molecule has 1 aromatic rings. The van der Waals surface area contributed by atoms with E-state index in [0.29, 0.717) is 5.75 Å². The van der Waals surface area contributed by atoms with Crippen molar-refractivity contribution in [2.24, 2.45) is 0 Å². The Hall–Kier alpha value is -1.42. The van der Waals surface area contributed by atoms with Gasteiger partial charge in [0, 0.05) is 5.57 Å². The summed E-state index contributed by atoms with van der Waals surface area (Å²) < 4.78 is 0. The van der Waals surface area contributed by atoms with Gasteiger partial charge in [0.15, 0.2) is 0 Å². The van der Waals surface area contributed by atoms with Crippen molar-refractivity contribution in [1.29, 1.82) is 0 Å². The number of carboxylic acid groups (broad SMARTS) is 1. The van der Waals surface area contributed by atoms with Gasteiger partial charge in [-0.25, -0.2) is 4.79 Å². The van der Waals surface area contributed by atoms with E-state index in [-0.39, 0.29) is 5.57 Å². The Labute approximate surface area is 106 Å². The number of carbonyl (C=O) groups is 1. The number of rotatable bonds is 1. The van der Waals surface area contributed by atoms with Crippen LogP contribution in [0.5, 0.6) is 5.75 Å². The van der Waals surface area contributed by atoms with Gasteiger partial charge in [-0.05, 0) is 37.0 Å². The van der Waals surface area contributed by atoms with Crippen LogP contribution in [0.3, 0.4) is 0 Å². The molecule has 0 bridgehead atoms. The van der Waals surface area contributed by atoms with Gasteiger partial charge in [0.25, 0.3) is 0 Å². The van der Waals surface area contributed by atoms with E-state index in [1.54, 1.807) is 24.3 Å². The van der Waals surface area contributed by atoms with E-state index < -0.39 is 5.97 Å². The SMILES string of the molecule is C1CSC1.C=C(C)C(=O)O.Oc1ccccc1. The molecule has 1 aliphatic heterocycles. The molecule has 0 amide bonds. The molecule has 2 N–H and O–H groups in total. The molecule has 0 aliphatic carbocycles. The van der Waals surface area contributed by atoms with Crippen molar-refractivity contribution in [3.05, 3.63) is 42.5 Å². The molecule has 1 heterocycles. The molecule has 0 atom stereocenters. The minimum atomic E-state index is -0.935. The zero-order chi connectivity index (χ0) is 13.1. The standard InChI is InChI=1S/C6H6O.C4H6O2.C3H6S/c7-6-4-2-1-3-5-6;1-3(2)4(5)6;1-2-4-3-1/h1-5,7H;1H2,2H3,(H,5,6);1-3H2. The number of aromatic hydroxyl groups is 1. The molecule has 1 fully saturated rings. The third-order valence-corrected chi connectivity index (χ3v) is 2.85. The molecule has 2 rings (SSSR count). The minimum Gasteiger partial charge on any atom is -0.508 e. The summed E-state index contributed by atoms with van der Waals surface area (Å²) in [4.78, 5) is 9.60. The van der Waals surface area contributed by atoms with Gasteiger partial charge in [0.2, 0.25) is 0 Å². The van der Waals surface area contributed by atoms with E-state index in [2.05, 4.69) is 6.58 Å². The molecule has 94 valence electrons. The van der Waals surface area contributed by atoms with Crippen molar-refractivity contribution in [3.8, 4) is 5.75 Å². The number of phenolic OH excluding ortho intramolecular Hbond substituents is 1. The number of thioether (sulfide) groups is 1. The van der Waals surface area contributed by atoms with Crippen LogP contribution in [0.25, 0.3) is 0 Å². The zero-order valence-corrected chi connectivity index (χ0v) is 10.7. The summed E-state index contributed by atoms with van der Waals surface area (Å²) in [5.41, 5.74) is 0.176. The van der Waals surface area contributed by atoms with Gasteiger partial charge in [-0.15, -0.1) is 0 Å². The third kappa shape index (κ3) is 10.9. The number of benzene rings is 1. The van der Waals surface area contributed by atoms with E-state index in [9.17, 15) is 4.79 Å². The number of phenols is 1. The number of carboxylic acids is 1.